The molecule has 0 unspecified atom stereocenters. The Morgan fingerprint density at radius 3 is 2.13 bits per heavy atom. The van der Waals surface area contributed by atoms with Crippen LogP contribution in [0.5, 0.6) is 11.6 Å². The van der Waals surface area contributed by atoms with Crippen molar-refractivity contribution in [3.8, 4) is 11.6 Å². The maximum atomic E-state index is 6.58. The SMILES string of the molecule is Nc1c(Oc2ccc(Br)c3cccnc23)ncnc1N1CCN(C(c2ccccc2)c2ccccc2)CC1. The summed E-state index contributed by atoms with van der Waals surface area (Å²) >= 11 is 3.58. The summed E-state index contributed by atoms with van der Waals surface area (Å²) in [5, 5.41) is 0.959. The van der Waals surface area contributed by atoms with E-state index in [0.29, 0.717) is 23.1 Å². The number of halogens is 1. The summed E-state index contributed by atoms with van der Waals surface area (Å²) in [6, 6.07) is 29.3. The number of fused-ring (bicyclic) bond motifs is 1. The average molecular weight is 567 g/mol. The van der Waals surface area contributed by atoms with Crippen molar-refractivity contribution in [1.82, 2.24) is 19.9 Å². The third kappa shape index (κ3) is 4.80. The zero-order valence-electron chi connectivity index (χ0n) is 20.7. The van der Waals surface area contributed by atoms with Gasteiger partial charge in [0.15, 0.2) is 11.6 Å². The number of nitrogen functional groups attached to an aromatic ring is 1. The monoisotopic (exact) mass is 566 g/mol. The van der Waals surface area contributed by atoms with E-state index in [4.69, 9.17) is 10.5 Å². The van der Waals surface area contributed by atoms with Gasteiger partial charge in [-0.05, 0) is 29.3 Å². The summed E-state index contributed by atoms with van der Waals surface area (Å²) < 4.78 is 7.14. The van der Waals surface area contributed by atoms with Crippen LogP contribution in [0.15, 0.2) is 102 Å². The van der Waals surface area contributed by atoms with Crippen LogP contribution >= 0.6 is 15.9 Å². The van der Waals surface area contributed by atoms with E-state index in [-0.39, 0.29) is 6.04 Å². The lowest BCUT2D eigenvalue weighted by atomic mass is 9.96. The first-order chi connectivity index (χ1) is 18.7. The van der Waals surface area contributed by atoms with Gasteiger partial charge in [-0.2, -0.15) is 4.98 Å². The summed E-state index contributed by atoms with van der Waals surface area (Å²) in [6.07, 6.45) is 3.26. The second kappa shape index (κ2) is 10.8. The van der Waals surface area contributed by atoms with Gasteiger partial charge in [0.2, 0.25) is 5.88 Å². The second-order valence-corrected chi connectivity index (χ2v) is 10.1. The smallest absolute Gasteiger partial charge is 0.248 e. The first kappa shape index (κ1) is 24.3. The Bertz CT molecular complexity index is 1500. The number of rotatable bonds is 6. The summed E-state index contributed by atoms with van der Waals surface area (Å²) in [7, 11) is 0. The molecule has 2 N–H and O–H groups in total. The summed E-state index contributed by atoms with van der Waals surface area (Å²) in [5.74, 6) is 1.62. The van der Waals surface area contributed by atoms with Crippen LogP contribution in [0.3, 0.4) is 0 Å². The maximum Gasteiger partial charge on any atom is 0.248 e. The highest BCUT2D eigenvalue weighted by atomic mass is 79.9. The predicted molar refractivity (Wildman–Crippen MR) is 154 cm³/mol. The van der Waals surface area contributed by atoms with Gasteiger partial charge in [-0.3, -0.25) is 9.88 Å². The molecule has 38 heavy (non-hydrogen) atoms. The van der Waals surface area contributed by atoms with Crippen LogP contribution in [0, 0.1) is 0 Å². The van der Waals surface area contributed by atoms with Crippen molar-refractivity contribution in [2.24, 2.45) is 0 Å². The molecule has 0 saturated carbocycles. The Morgan fingerprint density at radius 2 is 1.45 bits per heavy atom. The largest absolute Gasteiger partial charge is 0.435 e. The van der Waals surface area contributed by atoms with Gasteiger partial charge < -0.3 is 15.4 Å². The molecule has 0 amide bonds. The normalized spacial score (nSPS) is 14.2. The van der Waals surface area contributed by atoms with E-state index in [1.165, 1.54) is 17.5 Å². The van der Waals surface area contributed by atoms with Crippen LogP contribution in [-0.2, 0) is 0 Å². The maximum absolute atomic E-state index is 6.58. The quantitative estimate of drug-likeness (QED) is 0.267. The molecule has 2 aromatic heterocycles. The van der Waals surface area contributed by atoms with Crippen LogP contribution in [0.25, 0.3) is 10.9 Å². The van der Waals surface area contributed by atoms with Crippen LogP contribution in [0.2, 0.25) is 0 Å². The average Bonchev–Trinajstić information content (AvgIpc) is 2.97. The molecule has 3 aromatic carbocycles. The van der Waals surface area contributed by atoms with Crippen molar-refractivity contribution in [2.75, 3.05) is 36.8 Å². The molecule has 5 aromatic rings. The van der Waals surface area contributed by atoms with E-state index in [9.17, 15) is 0 Å². The molecule has 6 rings (SSSR count). The van der Waals surface area contributed by atoms with Crippen LogP contribution in [0.4, 0.5) is 11.5 Å². The van der Waals surface area contributed by atoms with Crippen molar-refractivity contribution in [2.45, 2.75) is 6.04 Å². The van der Waals surface area contributed by atoms with Gasteiger partial charge in [-0.15, -0.1) is 0 Å². The fraction of sp³-hybridized carbons (Fsp3) is 0.167. The molecule has 0 spiro atoms. The van der Waals surface area contributed by atoms with Crippen molar-refractivity contribution in [3.05, 3.63) is 113 Å². The Balaban J connectivity index is 1.23. The number of nitrogens with two attached hydrogens (primary N) is 1. The third-order valence-corrected chi connectivity index (χ3v) is 7.61. The Labute approximate surface area is 230 Å². The number of benzene rings is 3. The lowest BCUT2D eigenvalue weighted by Crippen LogP contribution is -2.48. The van der Waals surface area contributed by atoms with Gasteiger partial charge in [0.1, 0.15) is 17.5 Å². The summed E-state index contributed by atoms with van der Waals surface area (Å²) in [6.45, 7) is 3.32. The number of piperazine rings is 1. The third-order valence-electron chi connectivity index (χ3n) is 6.92. The molecule has 1 aliphatic heterocycles. The molecular formula is C30H27BrN6O. The number of hydrogen-bond donors (Lipinski definition) is 1. The number of anilines is 2. The first-order valence-electron chi connectivity index (χ1n) is 12.6. The molecule has 1 saturated heterocycles. The molecule has 0 aliphatic carbocycles. The number of ether oxygens (including phenoxy) is 1. The molecule has 0 atom stereocenters. The van der Waals surface area contributed by atoms with Crippen LogP contribution in [-0.4, -0.2) is 46.0 Å². The lowest BCUT2D eigenvalue weighted by Gasteiger charge is -2.40. The number of hydrogen-bond acceptors (Lipinski definition) is 7. The van der Waals surface area contributed by atoms with Crippen molar-refractivity contribution in [1.29, 1.82) is 0 Å². The minimum Gasteiger partial charge on any atom is -0.435 e. The highest BCUT2D eigenvalue weighted by Gasteiger charge is 2.28. The van der Waals surface area contributed by atoms with E-state index in [0.717, 1.165) is 41.6 Å². The molecule has 7 nitrogen and oxygen atoms in total. The number of nitrogens with zero attached hydrogens (tertiary/aromatic N) is 5. The molecule has 8 heteroatoms. The standard InChI is InChI=1S/C30H27BrN6O/c31-24-13-14-25(27-23(24)12-7-15-33-27)38-30-26(32)29(34-20-35-30)37-18-16-36(17-19-37)28(21-8-3-1-4-9-21)22-10-5-2-6-11-22/h1-15,20,28H,16-19,32H2. The van der Waals surface area contributed by atoms with E-state index < -0.39 is 0 Å². The van der Waals surface area contributed by atoms with Crippen molar-refractivity contribution in [3.63, 3.8) is 0 Å². The fourth-order valence-electron chi connectivity index (χ4n) is 5.08. The minimum atomic E-state index is 0.194. The Morgan fingerprint density at radius 1 is 0.763 bits per heavy atom. The molecule has 3 heterocycles. The first-order valence-corrected chi connectivity index (χ1v) is 13.4. The summed E-state index contributed by atoms with van der Waals surface area (Å²) in [4.78, 5) is 18.1. The van der Waals surface area contributed by atoms with Crippen molar-refractivity contribution >= 4 is 38.3 Å². The van der Waals surface area contributed by atoms with Crippen LogP contribution in [0.1, 0.15) is 17.2 Å². The zero-order chi connectivity index (χ0) is 25.9. The van der Waals surface area contributed by atoms with Gasteiger partial charge in [0, 0.05) is 42.2 Å². The second-order valence-electron chi connectivity index (χ2n) is 9.21. The molecule has 1 aliphatic rings. The van der Waals surface area contributed by atoms with Gasteiger partial charge in [0.25, 0.3) is 0 Å². The molecule has 1 fully saturated rings. The molecule has 0 bridgehead atoms. The lowest BCUT2D eigenvalue weighted by molar-refractivity contribution is 0.212. The molecule has 0 radical (unpaired) electrons. The van der Waals surface area contributed by atoms with Crippen molar-refractivity contribution < 1.29 is 4.74 Å². The highest BCUT2D eigenvalue weighted by Crippen LogP contribution is 2.37. The van der Waals surface area contributed by atoms with E-state index in [1.54, 1.807) is 6.20 Å². The fourth-order valence-corrected chi connectivity index (χ4v) is 5.53. The minimum absolute atomic E-state index is 0.194. The van der Waals surface area contributed by atoms with Gasteiger partial charge in [-0.25, -0.2) is 4.98 Å². The predicted octanol–water partition coefficient (Wildman–Crippen LogP) is 6.07. The zero-order valence-corrected chi connectivity index (χ0v) is 22.3. The number of aromatic nitrogens is 3. The number of pyridine rings is 1. The van der Waals surface area contributed by atoms with E-state index >= 15 is 0 Å². The Kier molecular flexibility index (Phi) is 6.90. The molecule has 190 valence electrons. The topological polar surface area (TPSA) is 80.4 Å². The van der Waals surface area contributed by atoms with Gasteiger partial charge in [-0.1, -0.05) is 82.7 Å². The molecular weight excluding hydrogens is 540 g/mol. The van der Waals surface area contributed by atoms with Gasteiger partial charge >= 0.3 is 0 Å². The van der Waals surface area contributed by atoms with Gasteiger partial charge in [0.05, 0.1) is 6.04 Å². The summed E-state index contributed by atoms with van der Waals surface area (Å²) in [5.41, 5.74) is 10.3. The van der Waals surface area contributed by atoms with E-state index in [1.807, 2.05) is 24.3 Å². The van der Waals surface area contributed by atoms with E-state index in [2.05, 4.69) is 101 Å². The highest BCUT2D eigenvalue weighted by molar-refractivity contribution is 9.10. The van der Waals surface area contributed by atoms with Crippen LogP contribution < -0.4 is 15.4 Å². The Hall–Kier alpha value is -4.01.